The molecular formula is C25H21N5O. The van der Waals surface area contributed by atoms with Crippen LogP contribution in [0.4, 0.5) is 0 Å². The lowest BCUT2D eigenvalue weighted by atomic mass is 9.93. The highest BCUT2D eigenvalue weighted by Crippen LogP contribution is 2.37. The van der Waals surface area contributed by atoms with Crippen LogP contribution in [0.1, 0.15) is 30.9 Å². The van der Waals surface area contributed by atoms with Crippen molar-refractivity contribution >= 4 is 21.9 Å². The minimum absolute atomic E-state index is 0.429. The number of aromatic nitrogens is 5. The Morgan fingerprint density at radius 3 is 2.68 bits per heavy atom. The zero-order chi connectivity index (χ0) is 20.8. The predicted molar refractivity (Wildman–Crippen MR) is 120 cm³/mol. The monoisotopic (exact) mass is 407 g/mol. The quantitative estimate of drug-likeness (QED) is 0.373. The van der Waals surface area contributed by atoms with E-state index in [2.05, 4.69) is 39.8 Å². The highest BCUT2D eigenvalue weighted by Gasteiger charge is 2.25. The summed E-state index contributed by atoms with van der Waals surface area (Å²) in [4.78, 5) is 13.6. The van der Waals surface area contributed by atoms with Gasteiger partial charge in [0.2, 0.25) is 5.88 Å². The first-order chi connectivity index (χ1) is 15.3. The first kappa shape index (κ1) is 18.0. The van der Waals surface area contributed by atoms with Crippen molar-refractivity contribution in [1.82, 2.24) is 24.7 Å². The van der Waals surface area contributed by atoms with Crippen LogP contribution in [0.15, 0.2) is 67.1 Å². The standard InChI is InChI=1S/C25H21N5O/c1-16-12-23(31-19-8-3-2-4-9-19)28-22-13-17(10-11-20(16)22)24-21-14-26-15-27-25(21)30(29-24)18-6-5-7-18/h2-4,8-15,18H,5-7H2,1H3. The molecule has 6 nitrogen and oxygen atoms in total. The summed E-state index contributed by atoms with van der Waals surface area (Å²) in [6.45, 7) is 2.08. The fraction of sp³-hybridized carbons (Fsp3) is 0.200. The van der Waals surface area contributed by atoms with Crippen LogP contribution in [0.2, 0.25) is 0 Å². The maximum absolute atomic E-state index is 5.99. The summed E-state index contributed by atoms with van der Waals surface area (Å²) in [6.07, 6.45) is 7.01. The van der Waals surface area contributed by atoms with E-state index in [-0.39, 0.29) is 0 Å². The Morgan fingerprint density at radius 2 is 1.87 bits per heavy atom. The van der Waals surface area contributed by atoms with Gasteiger partial charge in [-0.1, -0.05) is 30.3 Å². The Balaban J connectivity index is 1.46. The molecule has 6 heteroatoms. The Bertz CT molecular complexity index is 1410. The van der Waals surface area contributed by atoms with Gasteiger partial charge in [-0.15, -0.1) is 0 Å². The van der Waals surface area contributed by atoms with Crippen molar-refractivity contribution in [2.24, 2.45) is 0 Å². The third-order valence-electron chi connectivity index (χ3n) is 6.02. The summed E-state index contributed by atoms with van der Waals surface area (Å²) in [5.41, 5.74) is 4.81. The van der Waals surface area contributed by atoms with E-state index in [4.69, 9.17) is 14.8 Å². The molecule has 0 spiro atoms. The molecule has 2 aromatic carbocycles. The van der Waals surface area contributed by atoms with Crippen molar-refractivity contribution in [3.05, 3.63) is 72.7 Å². The molecule has 1 saturated carbocycles. The fourth-order valence-electron chi connectivity index (χ4n) is 4.16. The van der Waals surface area contributed by atoms with E-state index in [1.165, 1.54) is 6.42 Å². The number of ether oxygens (including phenoxy) is 1. The maximum atomic E-state index is 5.99. The number of hydrogen-bond acceptors (Lipinski definition) is 5. The first-order valence-corrected chi connectivity index (χ1v) is 10.6. The average molecular weight is 407 g/mol. The van der Waals surface area contributed by atoms with Crippen molar-refractivity contribution in [1.29, 1.82) is 0 Å². The smallest absolute Gasteiger partial charge is 0.220 e. The molecule has 1 aliphatic carbocycles. The van der Waals surface area contributed by atoms with E-state index < -0.39 is 0 Å². The Kier molecular flexibility index (Phi) is 4.16. The molecule has 0 saturated heterocycles. The second kappa shape index (κ2) is 7.16. The van der Waals surface area contributed by atoms with Gasteiger partial charge in [-0.05, 0) is 49.9 Å². The van der Waals surface area contributed by atoms with Gasteiger partial charge in [0.15, 0.2) is 5.65 Å². The lowest BCUT2D eigenvalue weighted by Gasteiger charge is -2.25. The van der Waals surface area contributed by atoms with Gasteiger partial charge < -0.3 is 4.74 Å². The maximum Gasteiger partial charge on any atom is 0.220 e. The zero-order valence-electron chi connectivity index (χ0n) is 17.2. The van der Waals surface area contributed by atoms with E-state index in [9.17, 15) is 0 Å². The lowest BCUT2D eigenvalue weighted by molar-refractivity contribution is 0.296. The van der Waals surface area contributed by atoms with Crippen LogP contribution >= 0.6 is 0 Å². The van der Waals surface area contributed by atoms with Crippen molar-refractivity contribution in [2.45, 2.75) is 32.2 Å². The van der Waals surface area contributed by atoms with Crippen LogP contribution in [-0.2, 0) is 0 Å². The number of pyridine rings is 1. The molecule has 0 unspecified atom stereocenters. The Hall–Kier alpha value is -3.80. The van der Waals surface area contributed by atoms with Crippen molar-refractivity contribution in [3.63, 3.8) is 0 Å². The molecule has 6 rings (SSSR count). The number of hydrogen-bond donors (Lipinski definition) is 0. The number of aryl methyl sites for hydroxylation is 1. The molecule has 1 fully saturated rings. The minimum Gasteiger partial charge on any atom is -0.439 e. The summed E-state index contributed by atoms with van der Waals surface area (Å²) in [5.74, 6) is 1.36. The molecule has 0 amide bonds. The largest absolute Gasteiger partial charge is 0.439 e. The van der Waals surface area contributed by atoms with Gasteiger partial charge in [0.25, 0.3) is 0 Å². The van der Waals surface area contributed by atoms with Gasteiger partial charge in [0.05, 0.1) is 16.9 Å². The normalized spacial score (nSPS) is 14.1. The number of fused-ring (bicyclic) bond motifs is 2. The van der Waals surface area contributed by atoms with Gasteiger partial charge in [-0.25, -0.2) is 19.6 Å². The summed E-state index contributed by atoms with van der Waals surface area (Å²) < 4.78 is 8.07. The summed E-state index contributed by atoms with van der Waals surface area (Å²) in [5, 5.41) is 7.03. The van der Waals surface area contributed by atoms with E-state index in [1.54, 1.807) is 6.33 Å². The molecule has 0 atom stereocenters. The van der Waals surface area contributed by atoms with E-state index >= 15 is 0 Å². The Labute approximate surface area is 179 Å². The molecule has 0 N–H and O–H groups in total. The fourth-order valence-corrected chi connectivity index (χ4v) is 4.16. The van der Waals surface area contributed by atoms with Crippen LogP contribution in [-0.4, -0.2) is 24.7 Å². The van der Waals surface area contributed by atoms with Crippen molar-refractivity contribution in [2.75, 3.05) is 0 Å². The molecule has 0 aliphatic heterocycles. The molecule has 1 aliphatic rings. The third-order valence-corrected chi connectivity index (χ3v) is 6.02. The molecule has 0 radical (unpaired) electrons. The molecule has 31 heavy (non-hydrogen) atoms. The third kappa shape index (κ3) is 3.11. The number of para-hydroxylation sites is 1. The van der Waals surface area contributed by atoms with E-state index in [0.717, 1.165) is 57.3 Å². The minimum atomic E-state index is 0.429. The van der Waals surface area contributed by atoms with Gasteiger partial charge in [-0.2, -0.15) is 5.10 Å². The van der Waals surface area contributed by atoms with Crippen LogP contribution in [0.25, 0.3) is 33.2 Å². The van der Waals surface area contributed by atoms with E-state index in [0.29, 0.717) is 11.9 Å². The number of benzene rings is 2. The van der Waals surface area contributed by atoms with Crippen molar-refractivity contribution < 1.29 is 4.74 Å². The van der Waals surface area contributed by atoms with Gasteiger partial charge in [0, 0.05) is 23.2 Å². The molecule has 152 valence electrons. The highest BCUT2D eigenvalue weighted by atomic mass is 16.5. The molecule has 0 bridgehead atoms. The van der Waals surface area contributed by atoms with E-state index in [1.807, 2.05) is 42.6 Å². The van der Waals surface area contributed by atoms with Crippen LogP contribution in [0, 0.1) is 6.92 Å². The summed E-state index contributed by atoms with van der Waals surface area (Å²) >= 11 is 0. The topological polar surface area (TPSA) is 65.7 Å². The molecular weight excluding hydrogens is 386 g/mol. The summed E-state index contributed by atoms with van der Waals surface area (Å²) in [6, 6.07) is 18.4. The second-order valence-electron chi connectivity index (χ2n) is 8.06. The highest BCUT2D eigenvalue weighted by molar-refractivity contribution is 5.94. The summed E-state index contributed by atoms with van der Waals surface area (Å²) in [7, 11) is 0. The molecule has 5 aromatic rings. The SMILES string of the molecule is Cc1cc(Oc2ccccc2)nc2cc(-c3nn(C4CCC4)c4ncncc34)ccc12. The molecule has 3 heterocycles. The van der Waals surface area contributed by atoms with Crippen LogP contribution in [0.3, 0.4) is 0 Å². The van der Waals surface area contributed by atoms with Gasteiger partial charge in [0.1, 0.15) is 17.8 Å². The average Bonchev–Trinajstić information content (AvgIpc) is 3.12. The van der Waals surface area contributed by atoms with Gasteiger partial charge >= 0.3 is 0 Å². The Morgan fingerprint density at radius 1 is 1.00 bits per heavy atom. The molecule has 3 aromatic heterocycles. The van der Waals surface area contributed by atoms with Crippen LogP contribution < -0.4 is 4.74 Å². The van der Waals surface area contributed by atoms with Gasteiger partial charge in [-0.3, -0.25) is 0 Å². The zero-order valence-corrected chi connectivity index (χ0v) is 17.2. The number of rotatable bonds is 4. The predicted octanol–water partition coefficient (Wildman–Crippen LogP) is 5.87. The number of nitrogens with zero attached hydrogens (tertiary/aromatic N) is 5. The van der Waals surface area contributed by atoms with Crippen LogP contribution in [0.5, 0.6) is 11.6 Å². The second-order valence-corrected chi connectivity index (χ2v) is 8.06. The van der Waals surface area contributed by atoms with Crippen molar-refractivity contribution in [3.8, 4) is 22.9 Å². The first-order valence-electron chi connectivity index (χ1n) is 10.6. The lowest BCUT2D eigenvalue weighted by Crippen LogP contribution is -2.18.